The van der Waals surface area contributed by atoms with Gasteiger partial charge < -0.3 is 5.11 Å². The van der Waals surface area contributed by atoms with Crippen molar-refractivity contribution >= 4 is 33.4 Å². The summed E-state index contributed by atoms with van der Waals surface area (Å²) in [4.78, 5) is 13.4. The molecule has 1 aliphatic heterocycles. The Hall–Kier alpha value is -3.03. The van der Waals surface area contributed by atoms with Crippen LogP contribution in [0.4, 0.5) is 5.69 Å². The van der Waals surface area contributed by atoms with Crippen LogP contribution in [0.3, 0.4) is 0 Å². The van der Waals surface area contributed by atoms with E-state index in [1.807, 2.05) is 59.7 Å². The third-order valence-corrected chi connectivity index (χ3v) is 8.49. The van der Waals surface area contributed by atoms with E-state index in [1.165, 1.54) is 10.4 Å². The molecule has 196 valence electrons. The van der Waals surface area contributed by atoms with E-state index in [-0.39, 0.29) is 40.9 Å². The Bertz CT molecular complexity index is 1420. The maximum Gasteiger partial charge on any atom is 0.329 e. The van der Waals surface area contributed by atoms with Crippen molar-refractivity contribution in [3.63, 3.8) is 0 Å². The fourth-order valence-electron chi connectivity index (χ4n) is 4.54. The highest BCUT2D eigenvalue weighted by atomic mass is 35.5. The number of hydrogen-bond acceptors (Lipinski definition) is 4. The van der Waals surface area contributed by atoms with Crippen LogP contribution >= 0.6 is 11.6 Å². The van der Waals surface area contributed by atoms with Gasteiger partial charge in [0.15, 0.2) is 0 Å². The Morgan fingerprint density at radius 1 is 0.784 bits per heavy atom. The van der Waals surface area contributed by atoms with Crippen LogP contribution in [-0.2, 0) is 34.1 Å². The van der Waals surface area contributed by atoms with Crippen LogP contribution in [0.2, 0.25) is 5.02 Å². The summed E-state index contributed by atoms with van der Waals surface area (Å²) >= 11 is 6.26. The van der Waals surface area contributed by atoms with Crippen molar-refractivity contribution in [2.75, 3.05) is 4.31 Å². The number of benzene rings is 3. The highest BCUT2D eigenvalue weighted by Gasteiger charge is 2.42. The molecule has 0 atom stereocenters. The second kappa shape index (κ2) is 9.37. The number of fused-ring (bicyclic) bond motifs is 1. The molecule has 8 heteroatoms. The first-order valence-electron chi connectivity index (χ1n) is 12.2. The molecule has 3 aromatic carbocycles. The highest BCUT2D eigenvalue weighted by Crippen LogP contribution is 2.42. The predicted octanol–water partition coefficient (Wildman–Crippen LogP) is 6.55. The van der Waals surface area contributed by atoms with E-state index in [0.29, 0.717) is 16.1 Å². The van der Waals surface area contributed by atoms with Crippen molar-refractivity contribution < 1.29 is 18.3 Å². The average Bonchev–Trinajstić information content (AvgIpc) is 2.79. The van der Waals surface area contributed by atoms with Crippen LogP contribution in [0.25, 0.3) is 0 Å². The first kappa shape index (κ1) is 27.0. The number of phenols is 1. The Morgan fingerprint density at radius 3 is 1.86 bits per heavy atom. The van der Waals surface area contributed by atoms with Gasteiger partial charge in [0.25, 0.3) is 5.91 Å². The van der Waals surface area contributed by atoms with E-state index in [4.69, 9.17) is 11.6 Å². The first-order chi connectivity index (χ1) is 17.1. The fraction of sp³-hybridized carbons (Fsp3) is 0.345. The molecular weight excluding hydrogens is 508 g/mol. The van der Waals surface area contributed by atoms with Crippen molar-refractivity contribution in [3.8, 4) is 5.75 Å². The molecule has 0 aliphatic carbocycles. The van der Waals surface area contributed by atoms with Crippen LogP contribution in [-0.4, -0.2) is 23.7 Å². The van der Waals surface area contributed by atoms with Crippen molar-refractivity contribution in [1.29, 1.82) is 0 Å². The summed E-state index contributed by atoms with van der Waals surface area (Å²) in [5, 5.41) is 11.5. The van der Waals surface area contributed by atoms with Crippen molar-refractivity contribution in [3.05, 3.63) is 93.5 Å². The van der Waals surface area contributed by atoms with Crippen molar-refractivity contribution in [1.82, 2.24) is 4.31 Å². The second-order valence-corrected chi connectivity index (χ2v) is 13.7. The Labute approximate surface area is 224 Å². The van der Waals surface area contributed by atoms with Gasteiger partial charge in [-0.2, -0.15) is 8.42 Å². The number of halogens is 1. The van der Waals surface area contributed by atoms with Gasteiger partial charge in [-0.3, -0.25) is 4.79 Å². The summed E-state index contributed by atoms with van der Waals surface area (Å²) in [6.45, 7) is 11.9. The Balaban J connectivity index is 1.89. The smallest absolute Gasteiger partial charge is 0.329 e. The van der Waals surface area contributed by atoms with Crippen LogP contribution < -0.4 is 4.31 Å². The number of phenolic OH excluding ortho intramolecular Hbond substituents is 1. The van der Waals surface area contributed by atoms with Gasteiger partial charge in [-0.05, 0) is 63.4 Å². The van der Waals surface area contributed by atoms with Crippen LogP contribution in [0.1, 0.15) is 74.2 Å². The molecule has 0 saturated heterocycles. The summed E-state index contributed by atoms with van der Waals surface area (Å²) in [7, 11) is -4.25. The zero-order chi connectivity index (χ0) is 27.3. The summed E-state index contributed by atoms with van der Waals surface area (Å²) < 4.78 is 30.1. The molecule has 0 fully saturated rings. The molecule has 0 aromatic heterocycles. The fourth-order valence-corrected chi connectivity index (χ4v) is 6.27. The summed E-state index contributed by atoms with van der Waals surface area (Å²) in [5.41, 5.74) is 2.61. The molecule has 1 amide bonds. The van der Waals surface area contributed by atoms with E-state index >= 15 is 0 Å². The molecule has 1 aliphatic rings. The number of hydrogen-bond donors (Lipinski definition) is 1. The number of anilines is 1. The third kappa shape index (κ3) is 5.20. The normalized spacial score (nSPS) is 15.6. The monoisotopic (exact) mass is 540 g/mol. The minimum Gasteiger partial charge on any atom is -0.507 e. The molecule has 37 heavy (non-hydrogen) atoms. The second-order valence-electron chi connectivity index (χ2n) is 11.5. The number of aromatic hydroxyl groups is 1. The van der Waals surface area contributed by atoms with Crippen molar-refractivity contribution in [2.24, 2.45) is 0 Å². The van der Waals surface area contributed by atoms with E-state index in [1.54, 1.807) is 36.4 Å². The van der Waals surface area contributed by atoms with Gasteiger partial charge in [0.2, 0.25) is 0 Å². The Kier molecular flexibility index (Phi) is 6.84. The molecule has 0 spiro atoms. The van der Waals surface area contributed by atoms with Gasteiger partial charge in [0.1, 0.15) is 5.75 Å². The topological polar surface area (TPSA) is 77.9 Å². The minimum absolute atomic E-state index is 0.0271. The summed E-state index contributed by atoms with van der Waals surface area (Å²) in [5.74, 6) is -0.377. The minimum atomic E-state index is -4.25. The van der Waals surface area contributed by atoms with E-state index in [0.717, 1.165) is 15.4 Å². The average molecular weight is 541 g/mol. The molecule has 0 bridgehead atoms. The van der Waals surface area contributed by atoms with E-state index in [2.05, 4.69) is 0 Å². The van der Waals surface area contributed by atoms with Gasteiger partial charge in [0.05, 0.1) is 24.3 Å². The molecule has 1 N–H and O–H groups in total. The van der Waals surface area contributed by atoms with Gasteiger partial charge in [-0.1, -0.05) is 83.5 Å². The quantitative estimate of drug-likeness (QED) is 0.407. The zero-order valence-corrected chi connectivity index (χ0v) is 23.6. The van der Waals surface area contributed by atoms with Gasteiger partial charge in [-0.25, -0.2) is 8.61 Å². The number of rotatable bonds is 4. The van der Waals surface area contributed by atoms with Gasteiger partial charge in [0, 0.05) is 5.02 Å². The van der Waals surface area contributed by atoms with Crippen LogP contribution in [0.5, 0.6) is 5.75 Å². The molecule has 0 radical (unpaired) electrons. The summed E-state index contributed by atoms with van der Waals surface area (Å²) in [6.07, 6.45) is 0. The Morgan fingerprint density at radius 2 is 1.32 bits per heavy atom. The number of amides is 1. The number of nitrogens with zero attached hydrogens (tertiary/aromatic N) is 2. The van der Waals surface area contributed by atoms with E-state index in [9.17, 15) is 18.3 Å². The lowest BCUT2D eigenvalue weighted by Crippen LogP contribution is -2.50. The highest BCUT2D eigenvalue weighted by molar-refractivity contribution is 7.91. The SMILES string of the molecule is CC(C)(C)c1cc(CN2c3cc(Cl)ccc3C(=O)N(Cc3ccccc3)S2(=O)=O)cc(C(C)(C)C)c1O. The lowest BCUT2D eigenvalue weighted by molar-refractivity contribution is 0.0851. The number of carbonyl (C=O) groups excluding carboxylic acids is 1. The molecule has 0 saturated carbocycles. The van der Waals surface area contributed by atoms with Gasteiger partial charge in [-0.15, -0.1) is 0 Å². The van der Waals surface area contributed by atoms with Crippen molar-refractivity contribution in [2.45, 2.75) is 65.5 Å². The lowest BCUT2D eigenvalue weighted by atomic mass is 9.78. The van der Waals surface area contributed by atoms with E-state index < -0.39 is 16.1 Å². The molecule has 1 heterocycles. The molecule has 4 rings (SSSR count). The van der Waals surface area contributed by atoms with Crippen LogP contribution in [0.15, 0.2) is 60.7 Å². The standard InChI is InChI=1S/C29H33ClN2O4S/c1-28(2,3)23-14-20(15-24(26(23)33)29(4,5)6)18-31-25-16-21(30)12-13-22(25)27(34)32(37(31,35)36)17-19-10-8-7-9-11-19/h7-16,33H,17-18H2,1-6H3. The molecule has 6 nitrogen and oxygen atoms in total. The molecule has 0 unspecified atom stereocenters. The first-order valence-corrected chi connectivity index (χ1v) is 13.9. The maximum absolute atomic E-state index is 14.0. The lowest BCUT2D eigenvalue weighted by Gasteiger charge is -2.37. The van der Waals surface area contributed by atoms with Crippen LogP contribution in [0, 0.1) is 0 Å². The number of carbonyl (C=O) groups is 1. The van der Waals surface area contributed by atoms with Gasteiger partial charge >= 0.3 is 10.2 Å². The third-order valence-electron chi connectivity index (χ3n) is 6.52. The maximum atomic E-state index is 14.0. The largest absolute Gasteiger partial charge is 0.507 e. The molecular formula is C29H33ClN2O4S. The summed E-state index contributed by atoms with van der Waals surface area (Å²) in [6, 6.07) is 17.4. The zero-order valence-electron chi connectivity index (χ0n) is 22.0. The molecule has 3 aromatic rings. The predicted molar refractivity (Wildman–Crippen MR) is 148 cm³/mol.